The summed E-state index contributed by atoms with van der Waals surface area (Å²) in [6, 6.07) is 0.228. The van der Waals surface area contributed by atoms with Crippen LogP contribution in [0.2, 0.25) is 0 Å². The van der Waals surface area contributed by atoms with E-state index in [4.69, 9.17) is 15.2 Å². The number of nitrogens with one attached hydrogen (secondary N) is 2. The molecule has 2 aromatic heterocycles. The minimum Gasteiger partial charge on any atom is -0.464 e. The van der Waals surface area contributed by atoms with Gasteiger partial charge in [-0.25, -0.2) is 25.1 Å². The number of nitrogens with zero attached hydrogens (tertiary/aromatic N) is 4. The fourth-order valence-electron chi connectivity index (χ4n) is 3.98. The van der Waals surface area contributed by atoms with E-state index in [1.807, 2.05) is 5.09 Å². The Morgan fingerprint density at radius 1 is 1.09 bits per heavy atom. The molecule has 244 valence electrons. The smallest absolute Gasteiger partial charge is 0.464 e. The third-order valence-corrected chi connectivity index (χ3v) is 8.05. The molecule has 44 heavy (non-hydrogen) atoms. The number of aromatic nitrogens is 4. The van der Waals surface area contributed by atoms with E-state index >= 15 is 0 Å². The third kappa shape index (κ3) is 9.51. The van der Waals surface area contributed by atoms with Crippen molar-refractivity contribution in [3.8, 4) is 5.75 Å². The van der Waals surface area contributed by atoms with Crippen molar-refractivity contribution in [2.45, 2.75) is 70.9 Å². The quantitative estimate of drug-likeness (QED) is 0.121. The lowest BCUT2D eigenvalue weighted by Crippen LogP contribution is -2.50. The zero-order chi connectivity index (χ0) is 32.9. The van der Waals surface area contributed by atoms with Crippen LogP contribution in [0, 0.1) is 0 Å². The molecule has 0 radical (unpaired) electrons. The highest BCUT2D eigenvalue weighted by molar-refractivity contribution is 7.59. The molecule has 19 heteroatoms. The Bertz CT molecular complexity index is 1470. The van der Waals surface area contributed by atoms with E-state index in [-0.39, 0.29) is 19.0 Å². The minimum atomic E-state index is -5.09. The molecule has 4 N–H and O–H groups in total. The molecule has 2 heterocycles. The number of nitrogen functional groups attached to an aromatic ring is 1. The summed E-state index contributed by atoms with van der Waals surface area (Å²) in [6.45, 7) is 5.92. The Morgan fingerprint density at radius 2 is 1.75 bits per heavy atom. The number of ether oxygens (including phenoxy) is 3. The number of fused-ring (bicyclic) bond motifs is 1. The van der Waals surface area contributed by atoms with Crippen LogP contribution >= 0.6 is 7.44 Å². The van der Waals surface area contributed by atoms with Gasteiger partial charge in [-0.1, -0.05) is 19.1 Å². The standard InChI is InChI=1S/C25H32F6N7O5P/c1-5-10-41-22(39)23(3,4)37-44(40,14-42-15(2)11-38-13-35-18-20(32)33-12-34-21(18)38)36-19(24(26,27)28)16-6-8-17(9-7-16)43-25(29,30)31/h6-9,12-13,15,19H,5,10-11,14H2,1-4H3,(H2,32,33,34)(H2,36,37,40)/t15?,19-,44?/m1/s1. The van der Waals surface area contributed by atoms with E-state index in [1.165, 1.54) is 26.5 Å². The van der Waals surface area contributed by atoms with Gasteiger partial charge >= 0.3 is 18.5 Å². The Morgan fingerprint density at radius 3 is 2.34 bits per heavy atom. The summed E-state index contributed by atoms with van der Waals surface area (Å²) < 4.78 is 111. The number of hydrogen-bond acceptors (Lipinski definition) is 9. The highest BCUT2D eigenvalue weighted by atomic mass is 31.2. The van der Waals surface area contributed by atoms with Crippen LogP contribution in [-0.2, 0) is 25.4 Å². The average molecular weight is 656 g/mol. The summed E-state index contributed by atoms with van der Waals surface area (Å²) in [5, 5.41) is 4.50. The number of esters is 1. The van der Waals surface area contributed by atoms with Crippen molar-refractivity contribution in [1.29, 1.82) is 0 Å². The monoisotopic (exact) mass is 655 g/mol. The maximum absolute atomic E-state index is 14.3. The lowest BCUT2D eigenvalue weighted by molar-refractivity contribution is -0.274. The van der Waals surface area contributed by atoms with Crippen molar-refractivity contribution in [3.05, 3.63) is 42.5 Å². The van der Waals surface area contributed by atoms with Gasteiger partial charge in [0.1, 0.15) is 35.5 Å². The van der Waals surface area contributed by atoms with E-state index < -0.39 is 61.3 Å². The van der Waals surface area contributed by atoms with Crippen LogP contribution in [0.15, 0.2) is 36.9 Å². The lowest BCUT2D eigenvalue weighted by atomic mass is 10.1. The molecule has 0 spiro atoms. The van der Waals surface area contributed by atoms with Gasteiger partial charge in [-0.15, -0.1) is 13.2 Å². The van der Waals surface area contributed by atoms with Crippen LogP contribution in [0.5, 0.6) is 5.75 Å². The van der Waals surface area contributed by atoms with Crippen molar-refractivity contribution < 1.29 is 49.9 Å². The number of carbonyl (C=O) groups is 1. The molecule has 1 aromatic carbocycles. The maximum atomic E-state index is 14.3. The largest absolute Gasteiger partial charge is 0.573 e. The molecule has 3 atom stereocenters. The van der Waals surface area contributed by atoms with Crippen molar-refractivity contribution in [2.24, 2.45) is 0 Å². The van der Waals surface area contributed by atoms with Gasteiger partial charge in [0.15, 0.2) is 11.5 Å². The average Bonchev–Trinajstić information content (AvgIpc) is 3.32. The molecule has 3 rings (SSSR count). The number of rotatable bonds is 14. The molecule has 2 unspecified atom stereocenters. The van der Waals surface area contributed by atoms with E-state index in [2.05, 4.69) is 24.8 Å². The van der Waals surface area contributed by atoms with Crippen LogP contribution in [0.1, 0.15) is 45.7 Å². The molecule has 0 amide bonds. The van der Waals surface area contributed by atoms with Crippen molar-refractivity contribution in [2.75, 3.05) is 18.7 Å². The van der Waals surface area contributed by atoms with Gasteiger partial charge in [0, 0.05) is 0 Å². The summed E-state index contributed by atoms with van der Waals surface area (Å²) in [5.41, 5.74) is 4.16. The molecule has 12 nitrogen and oxygen atoms in total. The summed E-state index contributed by atoms with van der Waals surface area (Å²) in [7, 11) is -4.51. The summed E-state index contributed by atoms with van der Waals surface area (Å²) in [6.07, 6.45) is -8.67. The van der Waals surface area contributed by atoms with Gasteiger partial charge < -0.3 is 24.5 Å². The molecule has 0 saturated heterocycles. The van der Waals surface area contributed by atoms with E-state index in [0.717, 1.165) is 12.1 Å². The number of anilines is 1. The number of halogens is 6. The van der Waals surface area contributed by atoms with Crippen molar-refractivity contribution in [3.63, 3.8) is 0 Å². The number of benzene rings is 1. The van der Waals surface area contributed by atoms with Crippen LogP contribution in [0.25, 0.3) is 11.2 Å². The van der Waals surface area contributed by atoms with Crippen LogP contribution in [0.3, 0.4) is 0 Å². The maximum Gasteiger partial charge on any atom is 0.573 e. The fraction of sp³-hybridized carbons (Fsp3) is 0.520. The highest BCUT2D eigenvalue weighted by Gasteiger charge is 2.47. The second kappa shape index (κ2) is 13.7. The lowest BCUT2D eigenvalue weighted by Gasteiger charge is -2.34. The molecule has 0 saturated carbocycles. The van der Waals surface area contributed by atoms with Gasteiger partial charge in [-0.2, -0.15) is 13.2 Å². The number of nitrogens with two attached hydrogens (primary N) is 1. The first-order chi connectivity index (χ1) is 20.3. The summed E-state index contributed by atoms with van der Waals surface area (Å²) in [5.74, 6) is -1.50. The summed E-state index contributed by atoms with van der Waals surface area (Å²) >= 11 is 0. The van der Waals surface area contributed by atoms with Gasteiger partial charge in [0.25, 0.3) is 0 Å². The van der Waals surface area contributed by atoms with Gasteiger partial charge in [0.2, 0.25) is 7.44 Å². The SMILES string of the molecule is CCCOC(=O)C(C)(C)NP(=O)(COC(C)Cn1cnc2c(N)ncnc21)N[C@H](c1ccc(OC(F)(F)F)cc1)C(F)(F)F. The number of imidazole rings is 1. The Hall–Kier alpha value is -3.47. The number of carbonyl (C=O) groups excluding carboxylic acids is 1. The Balaban J connectivity index is 1.88. The Labute approximate surface area is 248 Å². The first-order valence-electron chi connectivity index (χ1n) is 13.1. The van der Waals surface area contributed by atoms with Gasteiger partial charge in [-0.05, 0) is 44.9 Å². The first-order valence-corrected chi connectivity index (χ1v) is 15.0. The van der Waals surface area contributed by atoms with Crippen molar-refractivity contribution in [1.82, 2.24) is 29.7 Å². The predicted molar refractivity (Wildman–Crippen MR) is 146 cm³/mol. The van der Waals surface area contributed by atoms with Crippen LogP contribution < -0.4 is 20.6 Å². The molecule has 0 aliphatic carbocycles. The normalized spacial score (nSPS) is 15.5. The van der Waals surface area contributed by atoms with E-state index in [0.29, 0.717) is 29.7 Å². The highest BCUT2D eigenvalue weighted by Crippen LogP contribution is 2.47. The third-order valence-electron chi connectivity index (χ3n) is 5.94. The predicted octanol–water partition coefficient (Wildman–Crippen LogP) is 5.08. The number of alkyl halides is 6. The minimum absolute atomic E-state index is 0.0136. The molecule has 3 aromatic rings. The molecule has 0 aliphatic rings. The summed E-state index contributed by atoms with van der Waals surface area (Å²) in [4.78, 5) is 24.8. The van der Waals surface area contributed by atoms with Gasteiger partial charge in [-0.3, -0.25) is 9.36 Å². The molecular weight excluding hydrogens is 623 g/mol. The van der Waals surface area contributed by atoms with Crippen molar-refractivity contribution >= 4 is 30.4 Å². The Kier molecular flexibility index (Phi) is 10.9. The topological polar surface area (TPSA) is 156 Å². The molecular formula is C25H32F6N7O5P. The second-order valence-corrected chi connectivity index (χ2v) is 12.5. The van der Waals surface area contributed by atoms with E-state index in [9.17, 15) is 35.7 Å². The molecule has 0 fully saturated rings. The zero-order valence-corrected chi connectivity index (χ0v) is 25.0. The second-order valence-electron chi connectivity index (χ2n) is 10.3. The first kappa shape index (κ1) is 35.0. The van der Waals surface area contributed by atoms with Crippen LogP contribution in [0.4, 0.5) is 32.2 Å². The van der Waals surface area contributed by atoms with Gasteiger partial charge in [0.05, 0.1) is 25.6 Å². The molecule has 0 aliphatic heterocycles. The van der Waals surface area contributed by atoms with E-state index in [1.54, 1.807) is 18.4 Å². The molecule has 0 bridgehead atoms. The number of hydrogen-bond donors (Lipinski definition) is 3. The van der Waals surface area contributed by atoms with Crippen LogP contribution in [-0.4, -0.2) is 62.6 Å². The zero-order valence-electron chi connectivity index (χ0n) is 24.1. The fourth-order valence-corrected chi connectivity index (χ4v) is 6.35.